The molecule has 0 aliphatic heterocycles. The second kappa shape index (κ2) is 5.68. The fourth-order valence-electron chi connectivity index (χ4n) is 1.74. The molecular weight excluding hydrogens is 222 g/mol. The van der Waals surface area contributed by atoms with Crippen LogP contribution in [0, 0.1) is 11.5 Å². The van der Waals surface area contributed by atoms with E-state index in [-0.39, 0.29) is 11.5 Å². The van der Waals surface area contributed by atoms with E-state index in [0.29, 0.717) is 5.84 Å². The van der Waals surface area contributed by atoms with Crippen molar-refractivity contribution in [1.29, 1.82) is 5.26 Å². The molecule has 0 fully saturated rings. The summed E-state index contributed by atoms with van der Waals surface area (Å²) < 4.78 is 0. The van der Waals surface area contributed by atoms with Gasteiger partial charge in [0.1, 0.15) is 5.84 Å². The Balaban J connectivity index is 2.86. The molecule has 1 atom stereocenters. The van der Waals surface area contributed by atoms with E-state index in [1.54, 1.807) is 6.92 Å². The van der Waals surface area contributed by atoms with Crippen LogP contribution in [-0.2, 0) is 5.41 Å². The number of amidine groups is 1. The van der Waals surface area contributed by atoms with Crippen LogP contribution < -0.4 is 5.32 Å². The molecule has 0 saturated heterocycles. The summed E-state index contributed by atoms with van der Waals surface area (Å²) in [7, 11) is 0. The number of nitrogens with one attached hydrogen (secondary N) is 1. The highest BCUT2D eigenvalue weighted by Gasteiger charge is 2.13. The summed E-state index contributed by atoms with van der Waals surface area (Å²) in [4.78, 5) is 4.41. The Bertz CT molecular complexity index is 458. The molecule has 1 N–H and O–H groups in total. The Kier molecular flexibility index (Phi) is 4.49. The van der Waals surface area contributed by atoms with Crippen molar-refractivity contribution in [2.45, 2.75) is 46.1 Å². The standard InChI is InChI=1S/C15H21N3/c1-11(18-12(2)17-10-16)13-6-8-14(9-7-13)15(3,4)5/h6-9,11H,1-5H3,(H,17,18)/t11-/m0/s1. The Labute approximate surface area is 110 Å². The van der Waals surface area contributed by atoms with Crippen LogP contribution >= 0.6 is 0 Å². The summed E-state index contributed by atoms with van der Waals surface area (Å²) in [5, 5.41) is 11.0. The minimum absolute atomic E-state index is 0.0554. The van der Waals surface area contributed by atoms with Gasteiger partial charge < -0.3 is 0 Å². The molecule has 0 heterocycles. The van der Waals surface area contributed by atoms with E-state index in [4.69, 9.17) is 5.26 Å². The molecule has 0 amide bonds. The molecule has 0 saturated carbocycles. The quantitative estimate of drug-likeness (QED) is 0.374. The van der Waals surface area contributed by atoms with E-state index in [1.807, 2.05) is 13.1 Å². The van der Waals surface area contributed by atoms with Crippen LogP contribution in [0.25, 0.3) is 0 Å². The fraction of sp³-hybridized carbons (Fsp3) is 0.467. The van der Waals surface area contributed by atoms with E-state index in [2.05, 4.69) is 55.3 Å². The van der Waals surface area contributed by atoms with E-state index in [9.17, 15) is 0 Å². The van der Waals surface area contributed by atoms with E-state index >= 15 is 0 Å². The van der Waals surface area contributed by atoms with Crippen LogP contribution in [0.2, 0.25) is 0 Å². The van der Waals surface area contributed by atoms with Crippen molar-refractivity contribution in [3.63, 3.8) is 0 Å². The monoisotopic (exact) mass is 243 g/mol. The SMILES string of the molecule is CC(=N[C@@H](C)c1ccc(C(C)(C)C)cc1)NC#N. The molecule has 0 unspecified atom stereocenters. The molecule has 1 aromatic carbocycles. The van der Waals surface area contributed by atoms with Crippen molar-refractivity contribution in [2.24, 2.45) is 4.99 Å². The lowest BCUT2D eigenvalue weighted by atomic mass is 9.86. The average Bonchev–Trinajstić information content (AvgIpc) is 2.28. The summed E-state index contributed by atoms with van der Waals surface area (Å²) in [5.41, 5.74) is 2.64. The number of benzene rings is 1. The highest BCUT2D eigenvalue weighted by atomic mass is 15.0. The van der Waals surface area contributed by atoms with E-state index in [1.165, 1.54) is 5.56 Å². The third-order valence-electron chi connectivity index (χ3n) is 2.88. The van der Waals surface area contributed by atoms with Crippen molar-refractivity contribution < 1.29 is 0 Å². The molecule has 0 bridgehead atoms. The molecule has 0 radical (unpaired) electrons. The van der Waals surface area contributed by atoms with Gasteiger partial charge in [-0.25, -0.2) is 0 Å². The predicted octanol–water partition coefficient (Wildman–Crippen LogP) is 3.53. The van der Waals surface area contributed by atoms with Gasteiger partial charge in [0.15, 0.2) is 6.19 Å². The minimum atomic E-state index is 0.0554. The molecule has 96 valence electrons. The zero-order chi connectivity index (χ0) is 13.8. The maximum atomic E-state index is 8.50. The Morgan fingerprint density at radius 3 is 2.28 bits per heavy atom. The molecule has 0 aliphatic carbocycles. The van der Waals surface area contributed by atoms with Gasteiger partial charge in [0, 0.05) is 0 Å². The van der Waals surface area contributed by atoms with Gasteiger partial charge in [-0.1, -0.05) is 45.0 Å². The van der Waals surface area contributed by atoms with Crippen molar-refractivity contribution in [1.82, 2.24) is 5.32 Å². The highest BCUT2D eigenvalue weighted by Crippen LogP contribution is 2.24. The molecule has 0 spiro atoms. The average molecular weight is 243 g/mol. The molecule has 0 aromatic heterocycles. The lowest BCUT2D eigenvalue weighted by Gasteiger charge is -2.19. The van der Waals surface area contributed by atoms with Gasteiger partial charge >= 0.3 is 0 Å². The van der Waals surface area contributed by atoms with Gasteiger partial charge in [0.05, 0.1) is 6.04 Å². The molecule has 3 heteroatoms. The van der Waals surface area contributed by atoms with Crippen LogP contribution in [0.15, 0.2) is 29.3 Å². The number of hydrogen-bond donors (Lipinski definition) is 1. The van der Waals surface area contributed by atoms with Gasteiger partial charge in [-0.05, 0) is 30.4 Å². The predicted molar refractivity (Wildman–Crippen MR) is 75.4 cm³/mol. The molecule has 1 rings (SSSR count). The van der Waals surface area contributed by atoms with Gasteiger partial charge in [-0.2, -0.15) is 5.26 Å². The van der Waals surface area contributed by atoms with Crippen molar-refractivity contribution in [2.75, 3.05) is 0 Å². The van der Waals surface area contributed by atoms with E-state index in [0.717, 1.165) is 5.56 Å². The fourth-order valence-corrected chi connectivity index (χ4v) is 1.74. The second-order valence-corrected chi connectivity index (χ2v) is 5.50. The maximum absolute atomic E-state index is 8.50. The summed E-state index contributed by atoms with van der Waals surface area (Å²) in [6, 6.07) is 8.56. The Hall–Kier alpha value is -1.82. The lowest BCUT2D eigenvalue weighted by molar-refractivity contribution is 0.589. The third-order valence-corrected chi connectivity index (χ3v) is 2.88. The summed E-state index contributed by atoms with van der Waals surface area (Å²) >= 11 is 0. The zero-order valence-corrected chi connectivity index (χ0v) is 11.8. The number of rotatable bonds is 2. The van der Waals surface area contributed by atoms with Gasteiger partial charge in [0.2, 0.25) is 0 Å². The maximum Gasteiger partial charge on any atom is 0.182 e. The normalized spacial score (nSPS) is 13.9. The Morgan fingerprint density at radius 1 is 1.28 bits per heavy atom. The van der Waals surface area contributed by atoms with Crippen molar-refractivity contribution in [3.8, 4) is 6.19 Å². The lowest BCUT2D eigenvalue weighted by Crippen LogP contribution is -2.14. The van der Waals surface area contributed by atoms with Crippen LogP contribution in [0.3, 0.4) is 0 Å². The molecule has 3 nitrogen and oxygen atoms in total. The second-order valence-electron chi connectivity index (χ2n) is 5.50. The first kappa shape index (κ1) is 14.2. The van der Waals surface area contributed by atoms with Gasteiger partial charge in [-0.15, -0.1) is 0 Å². The first-order chi connectivity index (χ1) is 8.34. The van der Waals surface area contributed by atoms with E-state index < -0.39 is 0 Å². The topological polar surface area (TPSA) is 48.2 Å². The van der Waals surface area contributed by atoms with Crippen LogP contribution in [0.4, 0.5) is 0 Å². The molecular formula is C15H21N3. The van der Waals surface area contributed by atoms with Gasteiger partial charge in [-0.3, -0.25) is 10.3 Å². The van der Waals surface area contributed by atoms with Crippen molar-refractivity contribution in [3.05, 3.63) is 35.4 Å². The summed E-state index contributed by atoms with van der Waals surface area (Å²) in [6.07, 6.45) is 1.87. The van der Waals surface area contributed by atoms with Gasteiger partial charge in [0.25, 0.3) is 0 Å². The third kappa shape index (κ3) is 3.89. The van der Waals surface area contributed by atoms with Crippen molar-refractivity contribution >= 4 is 5.84 Å². The molecule has 0 aliphatic rings. The van der Waals surface area contributed by atoms with Crippen LogP contribution in [0.1, 0.15) is 51.8 Å². The first-order valence-electron chi connectivity index (χ1n) is 6.14. The largest absolute Gasteiger partial charge is 0.281 e. The number of nitriles is 1. The smallest absolute Gasteiger partial charge is 0.182 e. The van der Waals surface area contributed by atoms with Crippen LogP contribution in [-0.4, -0.2) is 5.84 Å². The zero-order valence-electron chi connectivity index (χ0n) is 11.8. The highest BCUT2D eigenvalue weighted by molar-refractivity contribution is 5.81. The summed E-state index contributed by atoms with van der Waals surface area (Å²) in [5.74, 6) is 0.643. The minimum Gasteiger partial charge on any atom is -0.281 e. The number of aliphatic imine (C=N–C) groups is 1. The number of hydrogen-bond acceptors (Lipinski definition) is 2. The summed E-state index contributed by atoms with van der Waals surface area (Å²) in [6.45, 7) is 10.4. The molecule has 1 aromatic rings. The first-order valence-corrected chi connectivity index (χ1v) is 6.14. The Morgan fingerprint density at radius 2 is 1.83 bits per heavy atom. The van der Waals surface area contributed by atoms with Crippen LogP contribution in [0.5, 0.6) is 0 Å². The number of nitrogens with zero attached hydrogens (tertiary/aromatic N) is 2. The molecule has 18 heavy (non-hydrogen) atoms.